The maximum atomic E-state index is 13.7. The topological polar surface area (TPSA) is 0 Å². The molecule has 28 heavy (non-hydrogen) atoms. The van der Waals surface area contributed by atoms with Gasteiger partial charge in [-0.3, -0.25) is 0 Å². The highest BCUT2D eigenvalue weighted by molar-refractivity contribution is 8.14. The molecule has 0 nitrogen and oxygen atoms in total. The molecule has 0 bridgehead atoms. The molecule has 0 amide bonds. The van der Waals surface area contributed by atoms with Gasteiger partial charge in [0.15, 0.2) is 0 Å². The van der Waals surface area contributed by atoms with Crippen LogP contribution in [0.15, 0.2) is 78.9 Å². The van der Waals surface area contributed by atoms with E-state index in [4.69, 9.17) is 0 Å². The molecular weight excluding hydrogens is 375 g/mol. The summed E-state index contributed by atoms with van der Waals surface area (Å²) in [6.07, 6.45) is 3.17. The zero-order valence-corrected chi connectivity index (χ0v) is 16.8. The van der Waals surface area contributed by atoms with Crippen LogP contribution in [0.3, 0.4) is 0 Å². The van der Waals surface area contributed by atoms with Gasteiger partial charge in [-0.25, -0.2) is 13.2 Å². The molecule has 5 heteroatoms. The molecule has 0 radical (unpaired) electrons. The van der Waals surface area contributed by atoms with Gasteiger partial charge in [-0.2, -0.15) is 16.4 Å². The van der Waals surface area contributed by atoms with Crippen molar-refractivity contribution in [1.29, 1.82) is 0 Å². The first kappa shape index (κ1) is 19.0. The van der Waals surface area contributed by atoms with Crippen LogP contribution >= 0.6 is 7.14 Å². The Labute approximate surface area is 164 Å². The van der Waals surface area contributed by atoms with Gasteiger partial charge in [0.2, 0.25) is 5.87 Å². The minimum Gasteiger partial charge on any atom is -0.207 e. The number of benzene rings is 3. The Bertz CT molecular complexity index is 977. The van der Waals surface area contributed by atoms with E-state index in [1.54, 1.807) is 12.1 Å². The molecule has 0 spiro atoms. The number of hydrogen-bond donors (Lipinski definition) is 0. The molecule has 0 unspecified atom stereocenters. The molecule has 0 saturated carbocycles. The van der Waals surface area contributed by atoms with Crippen molar-refractivity contribution < 1.29 is 13.2 Å². The van der Waals surface area contributed by atoms with E-state index in [1.807, 2.05) is 24.3 Å². The largest absolute Gasteiger partial charge is 0.246 e. The fourth-order valence-electron chi connectivity index (χ4n) is 4.88. The average molecular weight is 396 g/mol. The van der Waals surface area contributed by atoms with Crippen LogP contribution in [0.4, 0.5) is 13.2 Å². The maximum Gasteiger partial charge on any atom is 0.246 e. The van der Waals surface area contributed by atoms with E-state index in [1.165, 1.54) is 36.4 Å². The summed E-state index contributed by atoms with van der Waals surface area (Å²) in [6.45, 7) is 4.60. The summed E-state index contributed by atoms with van der Waals surface area (Å²) >= 11 is 0. The van der Waals surface area contributed by atoms with Crippen molar-refractivity contribution in [3.05, 3.63) is 102 Å². The van der Waals surface area contributed by atoms with Gasteiger partial charge in [0, 0.05) is 19.5 Å². The molecule has 1 aliphatic rings. The van der Waals surface area contributed by atoms with Gasteiger partial charge in [0.25, 0.3) is 0 Å². The quantitative estimate of drug-likeness (QED) is 0.428. The Morgan fingerprint density at radius 1 is 0.643 bits per heavy atom. The van der Waals surface area contributed by atoms with Gasteiger partial charge in [-0.05, 0) is 36.4 Å². The van der Waals surface area contributed by atoms with E-state index in [2.05, 4.69) is 19.4 Å². The Balaban J connectivity index is 2.03. The SMILES string of the molecule is C[P+]1(C)CC=C(c2ccc(F)cc2)[B-]1(c1ccc(F)cc1)c1ccc(F)cc1. The number of halogens is 3. The van der Waals surface area contributed by atoms with E-state index in [0.717, 1.165) is 28.1 Å². The lowest BCUT2D eigenvalue weighted by atomic mass is 9.33. The highest BCUT2D eigenvalue weighted by Gasteiger charge is 2.54. The first-order valence-corrected chi connectivity index (χ1v) is 12.3. The smallest absolute Gasteiger partial charge is 0.207 e. The van der Waals surface area contributed by atoms with Gasteiger partial charge in [-0.1, -0.05) is 48.0 Å². The average Bonchev–Trinajstić information content (AvgIpc) is 2.95. The highest BCUT2D eigenvalue weighted by Crippen LogP contribution is 2.67. The summed E-state index contributed by atoms with van der Waals surface area (Å²) in [5.41, 5.74) is 4.18. The maximum absolute atomic E-state index is 13.7. The van der Waals surface area contributed by atoms with Crippen molar-refractivity contribution in [2.24, 2.45) is 0 Å². The number of allylic oxidation sites excluding steroid dienone is 1. The normalized spacial score (nSPS) is 17.4. The predicted octanol–water partition coefficient (Wildman–Crippen LogP) is 5.08. The molecule has 0 saturated heterocycles. The van der Waals surface area contributed by atoms with Crippen LogP contribution < -0.4 is 10.9 Å². The molecule has 1 heterocycles. The predicted molar refractivity (Wildman–Crippen MR) is 116 cm³/mol. The molecule has 0 N–H and O–H groups in total. The molecule has 4 rings (SSSR count). The minimum atomic E-state index is -1.61. The molecule has 0 atom stereocenters. The number of rotatable bonds is 3. The van der Waals surface area contributed by atoms with Gasteiger partial charge in [-0.15, -0.1) is 7.14 Å². The lowest BCUT2D eigenvalue weighted by Gasteiger charge is -2.46. The van der Waals surface area contributed by atoms with Crippen LogP contribution in [0.25, 0.3) is 5.47 Å². The van der Waals surface area contributed by atoms with Crippen LogP contribution in [0, 0.1) is 17.5 Å². The first-order chi connectivity index (χ1) is 13.3. The van der Waals surface area contributed by atoms with Crippen LogP contribution in [0.2, 0.25) is 0 Å². The van der Waals surface area contributed by atoms with Crippen LogP contribution in [-0.2, 0) is 0 Å². The second-order valence-electron chi connectivity index (χ2n) is 8.05. The van der Waals surface area contributed by atoms with Crippen LogP contribution in [0.1, 0.15) is 5.56 Å². The Morgan fingerprint density at radius 2 is 1.04 bits per heavy atom. The monoisotopic (exact) mass is 396 g/mol. The summed E-state index contributed by atoms with van der Waals surface area (Å²) in [5.74, 6) is -2.26. The van der Waals surface area contributed by atoms with E-state index in [9.17, 15) is 13.2 Å². The lowest BCUT2D eigenvalue weighted by Crippen LogP contribution is -2.59. The van der Waals surface area contributed by atoms with Crippen LogP contribution in [-0.4, -0.2) is 25.4 Å². The van der Waals surface area contributed by atoms with Crippen molar-refractivity contribution in [3.8, 4) is 0 Å². The van der Waals surface area contributed by atoms with Gasteiger partial charge < -0.3 is 0 Å². The number of hydrogen-bond acceptors (Lipinski definition) is 0. The summed E-state index contributed by atoms with van der Waals surface area (Å²) in [4.78, 5) is 0. The summed E-state index contributed by atoms with van der Waals surface area (Å²) < 4.78 is 41.0. The summed E-state index contributed by atoms with van der Waals surface area (Å²) in [6, 6.07) is 19.9. The molecule has 0 fully saturated rings. The van der Waals surface area contributed by atoms with Crippen molar-refractivity contribution in [2.75, 3.05) is 19.5 Å². The van der Waals surface area contributed by atoms with E-state index in [-0.39, 0.29) is 17.5 Å². The second-order valence-corrected chi connectivity index (χ2v) is 12.7. The van der Waals surface area contributed by atoms with E-state index in [0.29, 0.717) is 0 Å². The highest BCUT2D eigenvalue weighted by atomic mass is 31.2. The molecular formula is C23H21BF3P. The fourth-order valence-corrected chi connectivity index (χ4v) is 8.83. The molecule has 142 valence electrons. The van der Waals surface area contributed by atoms with Crippen LogP contribution in [0.5, 0.6) is 0 Å². The first-order valence-electron chi connectivity index (χ1n) is 9.31. The zero-order chi connectivity index (χ0) is 19.9. The van der Waals surface area contributed by atoms with Crippen molar-refractivity contribution in [2.45, 2.75) is 0 Å². The summed E-state index contributed by atoms with van der Waals surface area (Å²) in [5, 5.41) is 0. The van der Waals surface area contributed by atoms with E-state index < -0.39 is 13.0 Å². The van der Waals surface area contributed by atoms with Crippen molar-refractivity contribution >= 4 is 29.4 Å². The van der Waals surface area contributed by atoms with Gasteiger partial charge in [0.05, 0.1) is 0 Å². The third-order valence-electron chi connectivity index (χ3n) is 6.16. The van der Waals surface area contributed by atoms with Crippen molar-refractivity contribution in [1.82, 2.24) is 0 Å². The lowest BCUT2D eigenvalue weighted by molar-refractivity contribution is 0.627. The minimum absolute atomic E-state index is 0.280. The standard InChI is InChI=1S/C23H21BF3P/c1-28(2)16-15-23(17-3-9-20(25)10-4-17)24(28,18-5-11-21(26)12-6-18)19-7-13-22(27)14-8-19/h3-15H,16H2,1-2H3. The molecule has 0 aliphatic carbocycles. The third kappa shape index (κ3) is 2.91. The summed E-state index contributed by atoms with van der Waals surface area (Å²) in [7, 11) is -1.61. The fraction of sp³-hybridized carbons (Fsp3) is 0.130. The van der Waals surface area contributed by atoms with Gasteiger partial charge >= 0.3 is 0 Å². The van der Waals surface area contributed by atoms with Gasteiger partial charge in [0.1, 0.15) is 17.5 Å². The Hall–Kier alpha value is -2.32. The zero-order valence-electron chi connectivity index (χ0n) is 15.9. The molecule has 0 aromatic heterocycles. The Kier molecular flexibility index (Phi) is 4.71. The Morgan fingerprint density at radius 3 is 1.46 bits per heavy atom. The second kappa shape index (κ2) is 6.94. The molecule has 3 aromatic carbocycles. The molecule has 1 aliphatic heterocycles. The third-order valence-corrected chi connectivity index (χ3v) is 10.3. The van der Waals surface area contributed by atoms with E-state index >= 15 is 0 Å². The molecule has 3 aromatic rings. The van der Waals surface area contributed by atoms with Crippen molar-refractivity contribution in [3.63, 3.8) is 0 Å².